The van der Waals surface area contributed by atoms with E-state index in [0.29, 0.717) is 13.2 Å². The third-order valence-electron chi connectivity index (χ3n) is 11.7. The second-order valence-corrected chi connectivity index (χ2v) is 17.4. The van der Waals surface area contributed by atoms with Crippen LogP contribution in [0.15, 0.2) is 109 Å². The highest BCUT2D eigenvalue weighted by molar-refractivity contribution is 5.80. The second kappa shape index (κ2) is 31.2. The third kappa shape index (κ3) is 19.8. The molecular weight excluding hydrogens is 809 g/mol. The lowest BCUT2D eigenvalue weighted by Gasteiger charge is -2.15. The van der Waals surface area contributed by atoms with Crippen LogP contribution < -0.4 is 18.9 Å². The van der Waals surface area contributed by atoms with E-state index in [4.69, 9.17) is 18.9 Å². The summed E-state index contributed by atoms with van der Waals surface area (Å²) in [6.07, 6.45) is 36.4. The van der Waals surface area contributed by atoms with Gasteiger partial charge in [-0.05, 0) is 95.5 Å². The zero-order valence-electron chi connectivity index (χ0n) is 40.8. The van der Waals surface area contributed by atoms with Crippen LogP contribution in [0.25, 0.3) is 48.6 Å². The topological polar surface area (TPSA) is 36.9 Å². The summed E-state index contributed by atoms with van der Waals surface area (Å²) in [5, 5.41) is 0. The van der Waals surface area contributed by atoms with E-state index in [0.717, 1.165) is 119 Å². The summed E-state index contributed by atoms with van der Waals surface area (Å²) in [5.41, 5.74) is 8.91. The van der Waals surface area contributed by atoms with Crippen LogP contribution in [0.2, 0.25) is 0 Å². The van der Waals surface area contributed by atoms with Crippen molar-refractivity contribution in [3.05, 3.63) is 154 Å². The molecule has 5 rings (SSSR count). The predicted octanol–water partition coefficient (Wildman–Crippen LogP) is 18.2. The molecule has 0 fully saturated rings. The maximum absolute atomic E-state index is 6.62. The SMILES string of the molecule is CCCCCCCCOc1cc(/C=C/c2ccc(/C=C/c3ccc(OCCCC)cc3)cc2)c(OCCCCCCCC)cc1/C=C/c1ccc(/C=C/c2ccc(OCCCC)cc2)cc1. The minimum atomic E-state index is 0.690. The summed E-state index contributed by atoms with van der Waals surface area (Å²) >= 11 is 0. The van der Waals surface area contributed by atoms with E-state index in [-0.39, 0.29) is 0 Å². The van der Waals surface area contributed by atoms with Gasteiger partial charge in [0.05, 0.1) is 26.4 Å². The van der Waals surface area contributed by atoms with E-state index >= 15 is 0 Å². The number of unbranched alkanes of at least 4 members (excludes halogenated alkanes) is 12. The van der Waals surface area contributed by atoms with Crippen LogP contribution in [-0.2, 0) is 0 Å². The summed E-state index contributed by atoms with van der Waals surface area (Å²) in [6, 6.07) is 38.4. The molecule has 0 amide bonds. The Hall–Kier alpha value is -5.74. The van der Waals surface area contributed by atoms with Gasteiger partial charge in [-0.1, -0.05) is 226 Å². The zero-order chi connectivity index (χ0) is 46.3. The molecule has 0 bridgehead atoms. The summed E-state index contributed by atoms with van der Waals surface area (Å²) in [7, 11) is 0. The Balaban J connectivity index is 1.32. The fraction of sp³-hybridized carbons (Fsp3) is 0.387. The number of ether oxygens (including phenoxy) is 4. The van der Waals surface area contributed by atoms with Crippen LogP contribution in [0, 0.1) is 0 Å². The van der Waals surface area contributed by atoms with Crippen molar-refractivity contribution in [2.75, 3.05) is 26.4 Å². The number of hydrogen-bond donors (Lipinski definition) is 0. The van der Waals surface area contributed by atoms with Crippen molar-refractivity contribution in [1.82, 2.24) is 0 Å². The molecule has 0 aliphatic heterocycles. The fourth-order valence-corrected chi connectivity index (χ4v) is 7.44. The van der Waals surface area contributed by atoms with Gasteiger partial charge >= 0.3 is 0 Å². The molecule has 350 valence electrons. The molecule has 0 heterocycles. The minimum Gasteiger partial charge on any atom is -0.494 e. The molecule has 0 aromatic heterocycles. The highest BCUT2D eigenvalue weighted by Gasteiger charge is 2.11. The van der Waals surface area contributed by atoms with Crippen LogP contribution in [-0.4, -0.2) is 26.4 Å². The smallest absolute Gasteiger partial charge is 0.127 e. The van der Waals surface area contributed by atoms with Crippen LogP contribution in [0.4, 0.5) is 0 Å². The standard InChI is InChI=1S/C62H78O4/c1-5-9-13-15-17-19-47-65-61-49-58(40-34-54-29-23-52(24-30-54)26-32-56-37-43-60(44-38-56)64-46-12-8-4)62(66-48-20-18-16-14-10-6-2)50-57(61)39-33-53-27-21-51(22-28-53)25-31-55-35-41-59(42-36-55)63-45-11-7-3/h21-44,49-50H,5-20,45-48H2,1-4H3/b31-25+,32-26+,39-33+,40-34+. The van der Waals surface area contributed by atoms with Crippen LogP contribution in [0.5, 0.6) is 23.0 Å². The van der Waals surface area contributed by atoms with Crippen molar-refractivity contribution in [3.8, 4) is 23.0 Å². The molecule has 0 radical (unpaired) electrons. The van der Waals surface area contributed by atoms with E-state index in [2.05, 4.69) is 161 Å². The lowest BCUT2D eigenvalue weighted by molar-refractivity contribution is 0.295. The maximum atomic E-state index is 6.62. The molecule has 0 saturated carbocycles. The van der Waals surface area contributed by atoms with Gasteiger partial charge in [0.25, 0.3) is 0 Å². The molecule has 0 aliphatic carbocycles. The van der Waals surface area contributed by atoms with Crippen LogP contribution >= 0.6 is 0 Å². The van der Waals surface area contributed by atoms with Gasteiger partial charge in [-0.2, -0.15) is 0 Å². The Morgan fingerprint density at radius 2 is 0.530 bits per heavy atom. The summed E-state index contributed by atoms with van der Waals surface area (Å²) in [6.45, 7) is 11.8. The van der Waals surface area contributed by atoms with Crippen molar-refractivity contribution in [1.29, 1.82) is 0 Å². The summed E-state index contributed by atoms with van der Waals surface area (Å²) in [4.78, 5) is 0. The van der Waals surface area contributed by atoms with Crippen molar-refractivity contribution in [2.45, 2.75) is 130 Å². The van der Waals surface area contributed by atoms with Gasteiger partial charge in [-0.3, -0.25) is 0 Å². The number of rotatable bonds is 32. The zero-order valence-corrected chi connectivity index (χ0v) is 40.8. The molecule has 5 aromatic rings. The average Bonchev–Trinajstić information content (AvgIpc) is 3.35. The predicted molar refractivity (Wildman–Crippen MR) is 286 cm³/mol. The highest BCUT2D eigenvalue weighted by Crippen LogP contribution is 2.33. The molecule has 0 saturated heterocycles. The highest BCUT2D eigenvalue weighted by atomic mass is 16.5. The molecule has 0 unspecified atom stereocenters. The molecule has 66 heavy (non-hydrogen) atoms. The number of benzene rings is 5. The first-order valence-corrected chi connectivity index (χ1v) is 25.4. The lowest BCUT2D eigenvalue weighted by Crippen LogP contribution is -2.03. The van der Waals surface area contributed by atoms with Gasteiger partial charge < -0.3 is 18.9 Å². The largest absolute Gasteiger partial charge is 0.494 e. The van der Waals surface area contributed by atoms with Crippen molar-refractivity contribution in [2.24, 2.45) is 0 Å². The quantitative estimate of drug-likeness (QED) is 0.0318. The molecule has 4 nitrogen and oxygen atoms in total. The molecule has 0 atom stereocenters. The fourth-order valence-electron chi connectivity index (χ4n) is 7.44. The molecule has 0 aliphatic rings. The van der Waals surface area contributed by atoms with E-state index in [1.54, 1.807) is 0 Å². The van der Waals surface area contributed by atoms with Crippen molar-refractivity contribution in [3.63, 3.8) is 0 Å². The molecule has 0 spiro atoms. The Morgan fingerprint density at radius 1 is 0.273 bits per heavy atom. The Kier molecular flexibility index (Phi) is 24.2. The first kappa shape index (κ1) is 51.2. The van der Waals surface area contributed by atoms with E-state index in [9.17, 15) is 0 Å². The van der Waals surface area contributed by atoms with Gasteiger partial charge in [-0.15, -0.1) is 0 Å². The van der Waals surface area contributed by atoms with Crippen LogP contribution in [0.3, 0.4) is 0 Å². The first-order chi connectivity index (χ1) is 32.6. The summed E-state index contributed by atoms with van der Waals surface area (Å²) in [5.74, 6) is 3.61. The van der Waals surface area contributed by atoms with E-state index < -0.39 is 0 Å². The normalized spacial score (nSPS) is 11.7. The average molecular weight is 887 g/mol. The minimum absolute atomic E-state index is 0.690. The van der Waals surface area contributed by atoms with Gasteiger partial charge in [-0.25, -0.2) is 0 Å². The first-order valence-electron chi connectivity index (χ1n) is 25.4. The Morgan fingerprint density at radius 3 is 0.848 bits per heavy atom. The van der Waals surface area contributed by atoms with Gasteiger partial charge in [0.1, 0.15) is 23.0 Å². The molecule has 0 N–H and O–H groups in total. The lowest BCUT2D eigenvalue weighted by atomic mass is 10.0. The second-order valence-electron chi connectivity index (χ2n) is 17.4. The van der Waals surface area contributed by atoms with Crippen molar-refractivity contribution < 1.29 is 18.9 Å². The molecule has 4 heteroatoms. The Labute approximate surface area is 399 Å². The number of hydrogen-bond acceptors (Lipinski definition) is 4. The van der Waals surface area contributed by atoms with Gasteiger partial charge in [0.15, 0.2) is 0 Å². The summed E-state index contributed by atoms with van der Waals surface area (Å²) < 4.78 is 24.9. The maximum Gasteiger partial charge on any atom is 0.127 e. The molecule has 5 aromatic carbocycles. The van der Waals surface area contributed by atoms with Crippen molar-refractivity contribution >= 4 is 48.6 Å². The van der Waals surface area contributed by atoms with Crippen LogP contribution in [0.1, 0.15) is 175 Å². The Bertz CT molecular complexity index is 2020. The monoisotopic (exact) mass is 887 g/mol. The third-order valence-corrected chi connectivity index (χ3v) is 11.7. The molecular formula is C62H78O4. The van der Waals surface area contributed by atoms with E-state index in [1.807, 2.05) is 24.3 Å². The van der Waals surface area contributed by atoms with Gasteiger partial charge in [0, 0.05) is 11.1 Å². The van der Waals surface area contributed by atoms with Gasteiger partial charge in [0.2, 0.25) is 0 Å². The van der Waals surface area contributed by atoms with E-state index in [1.165, 1.54) is 64.2 Å².